The third-order valence-corrected chi connectivity index (χ3v) is 2.19. The Morgan fingerprint density at radius 2 is 1.83 bits per heavy atom. The van der Waals surface area contributed by atoms with Gasteiger partial charge in [0.15, 0.2) is 0 Å². The summed E-state index contributed by atoms with van der Waals surface area (Å²) >= 11 is 0. The van der Waals surface area contributed by atoms with E-state index in [9.17, 15) is 18.0 Å². The summed E-state index contributed by atoms with van der Waals surface area (Å²) in [6, 6.07) is 3.00. The van der Waals surface area contributed by atoms with Crippen LogP contribution in [-0.4, -0.2) is 23.5 Å². The number of carboxylic acid groups (broad SMARTS) is 1. The zero-order chi connectivity index (χ0) is 13.3. The molecule has 0 aliphatic heterocycles. The van der Waals surface area contributed by atoms with Gasteiger partial charge in [0.2, 0.25) is 0 Å². The molecule has 1 saturated carbocycles. The summed E-state index contributed by atoms with van der Waals surface area (Å²) < 4.78 is 45.2. The molecule has 18 heavy (non-hydrogen) atoms. The molecule has 0 heterocycles. The Morgan fingerprint density at radius 3 is 2.33 bits per heavy atom. The molecule has 0 saturated heterocycles. The van der Waals surface area contributed by atoms with E-state index in [2.05, 4.69) is 4.74 Å². The standard InChI is InChI=1S/C11H9F3O4/c12-11(13,14)18-9-4-6(10(15)16)3-8(5-9)17-7-1-2-7/h3-5,7H,1-2H2,(H,15,16). The number of alkyl halides is 3. The van der Waals surface area contributed by atoms with Gasteiger partial charge in [0.1, 0.15) is 11.5 Å². The minimum absolute atomic E-state index is 0.0484. The molecular formula is C11H9F3O4. The molecule has 0 spiro atoms. The molecule has 0 bridgehead atoms. The first-order valence-corrected chi connectivity index (χ1v) is 5.14. The molecule has 7 heteroatoms. The molecule has 0 radical (unpaired) electrons. The smallest absolute Gasteiger partial charge is 0.490 e. The van der Waals surface area contributed by atoms with Crippen molar-refractivity contribution in [1.29, 1.82) is 0 Å². The van der Waals surface area contributed by atoms with Crippen LogP contribution >= 0.6 is 0 Å². The quantitative estimate of drug-likeness (QED) is 0.906. The number of hydrogen-bond donors (Lipinski definition) is 1. The summed E-state index contributed by atoms with van der Waals surface area (Å²) in [4.78, 5) is 10.8. The van der Waals surface area contributed by atoms with Gasteiger partial charge in [-0.3, -0.25) is 0 Å². The maximum absolute atomic E-state index is 12.1. The number of rotatable bonds is 4. The van der Waals surface area contributed by atoms with Crippen LogP contribution in [0.5, 0.6) is 11.5 Å². The molecule has 0 unspecified atom stereocenters. The van der Waals surface area contributed by atoms with Crippen molar-refractivity contribution in [3.63, 3.8) is 0 Å². The second-order valence-electron chi connectivity index (χ2n) is 3.86. The Balaban J connectivity index is 2.26. The molecular weight excluding hydrogens is 253 g/mol. The van der Waals surface area contributed by atoms with Gasteiger partial charge in [-0.05, 0) is 25.0 Å². The van der Waals surface area contributed by atoms with Crippen LogP contribution in [0.3, 0.4) is 0 Å². The highest BCUT2D eigenvalue weighted by Crippen LogP contribution is 2.32. The second-order valence-corrected chi connectivity index (χ2v) is 3.86. The third kappa shape index (κ3) is 3.54. The molecule has 1 aliphatic carbocycles. The van der Waals surface area contributed by atoms with Crippen LogP contribution in [0.2, 0.25) is 0 Å². The van der Waals surface area contributed by atoms with Crippen molar-refractivity contribution in [2.24, 2.45) is 0 Å². The number of hydrogen-bond acceptors (Lipinski definition) is 3. The van der Waals surface area contributed by atoms with E-state index in [-0.39, 0.29) is 17.4 Å². The molecule has 1 N–H and O–H groups in total. The van der Waals surface area contributed by atoms with E-state index in [0.717, 1.165) is 25.0 Å². The average molecular weight is 262 g/mol. The fourth-order valence-electron chi connectivity index (χ4n) is 1.33. The molecule has 0 aromatic heterocycles. The van der Waals surface area contributed by atoms with Crippen LogP contribution in [0.15, 0.2) is 18.2 Å². The molecule has 2 rings (SSSR count). The van der Waals surface area contributed by atoms with E-state index in [1.165, 1.54) is 6.07 Å². The highest BCUT2D eigenvalue weighted by atomic mass is 19.4. The Bertz CT molecular complexity index is 466. The summed E-state index contributed by atoms with van der Waals surface area (Å²) in [6.07, 6.45) is -3.29. The van der Waals surface area contributed by atoms with Crippen LogP contribution in [0.4, 0.5) is 13.2 Å². The summed E-state index contributed by atoms with van der Waals surface area (Å²) in [5.74, 6) is -1.88. The minimum Gasteiger partial charge on any atom is -0.490 e. The molecule has 0 amide bonds. The zero-order valence-corrected chi connectivity index (χ0v) is 9.03. The van der Waals surface area contributed by atoms with Crippen molar-refractivity contribution < 1.29 is 32.5 Å². The Morgan fingerprint density at radius 1 is 1.22 bits per heavy atom. The lowest BCUT2D eigenvalue weighted by Gasteiger charge is -2.12. The lowest BCUT2D eigenvalue weighted by molar-refractivity contribution is -0.274. The molecule has 1 aliphatic rings. The van der Waals surface area contributed by atoms with Gasteiger partial charge in [-0.1, -0.05) is 0 Å². The van der Waals surface area contributed by atoms with Crippen molar-refractivity contribution in [2.45, 2.75) is 25.3 Å². The highest BCUT2D eigenvalue weighted by molar-refractivity contribution is 5.88. The summed E-state index contributed by atoms with van der Waals surface area (Å²) in [5, 5.41) is 8.79. The van der Waals surface area contributed by atoms with Crippen molar-refractivity contribution in [2.75, 3.05) is 0 Å². The van der Waals surface area contributed by atoms with Crippen LogP contribution in [0, 0.1) is 0 Å². The van der Waals surface area contributed by atoms with Gasteiger partial charge < -0.3 is 14.6 Å². The first-order valence-electron chi connectivity index (χ1n) is 5.14. The predicted octanol–water partition coefficient (Wildman–Crippen LogP) is 2.82. The number of aromatic carboxylic acids is 1. The Kier molecular flexibility index (Phi) is 3.06. The topological polar surface area (TPSA) is 55.8 Å². The Labute approximate surface area is 99.9 Å². The number of carboxylic acids is 1. The fourth-order valence-corrected chi connectivity index (χ4v) is 1.33. The first kappa shape index (κ1) is 12.5. The van der Waals surface area contributed by atoms with E-state index >= 15 is 0 Å². The van der Waals surface area contributed by atoms with Crippen molar-refractivity contribution in [1.82, 2.24) is 0 Å². The van der Waals surface area contributed by atoms with E-state index in [1.807, 2.05) is 0 Å². The monoisotopic (exact) mass is 262 g/mol. The van der Waals surface area contributed by atoms with E-state index in [0.29, 0.717) is 0 Å². The van der Waals surface area contributed by atoms with E-state index in [1.54, 1.807) is 0 Å². The van der Waals surface area contributed by atoms with Crippen LogP contribution in [-0.2, 0) is 0 Å². The van der Waals surface area contributed by atoms with Gasteiger partial charge in [-0.15, -0.1) is 13.2 Å². The number of halogens is 3. The van der Waals surface area contributed by atoms with Gasteiger partial charge in [0.25, 0.3) is 0 Å². The van der Waals surface area contributed by atoms with Crippen molar-refractivity contribution in [3.8, 4) is 11.5 Å². The largest absolute Gasteiger partial charge is 0.573 e. The van der Waals surface area contributed by atoms with Gasteiger partial charge in [-0.25, -0.2) is 4.79 Å². The lowest BCUT2D eigenvalue weighted by atomic mass is 10.2. The van der Waals surface area contributed by atoms with Crippen LogP contribution < -0.4 is 9.47 Å². The van der Waals surface area contributed by atoms with Crippen molar-refractivity contribution in [3.05, 3.63) is 23.8 Å². The summed E-state index contributed by atoms with van der Waals surface area (Å²) in [6.45, 7) is 0. The number of carbonyl (C=O) groups is 1. The lowest BCUT2D eigenvalue weighted by Crippen LogP contribution is -2.17. The van der Waals surface area contributed by atoms with Gasteiger partial charge in [-0.2, -0.15) is 0 Å². The SMILES string of the molecule is O=C(O)c1cc(OC2CC2)cc(OC(F)(F)F)c1. The van der Waals surface area contributed by atoms with E-state index < -0.39 is 18.1 Å². The maximum atomic E-state index is 12.1. The number of ether oxygens (including phenoxy) is 2. The first-order chi connectivity index (χ1) is 8.33. The molecule has 98 valence electrons. The van der Waals surface area contributed by atoms with Gasteiger partial charge >= 0.3 is 12.3 Å². The van der Waals surface area contributed by atoms with Gasteiger partial charge in [0, 0.05) is 6.07 Å². The minimum atomic E-state index is -4.87. The maximum Gasteiger partial charge on any atom is 0.573 e. The fraction of sp³-hybridized carbons (Fsp3) is 0.364. The zero-order valence-electron chi connectivity index (χ0n) is 9.03. The molecule has 4 nitrogen and oxygen atoms in total. The molecule has 1 fully saturated rings. The van der Waals surface area contributed by atoms with E-state index in [4.69, 9.17) is 9.84 Å². The van der Waals surface area contributed by atoms with Crippen molar-refractivity contribution >= 4 is 5.97 Å². The summed E-state index contributed by atoms with van der Waals surface area (Å²) in [7, 11) is 0. The normalized spacial score (nSPS) is 15.3. The van der Waals surface area contributed by atoms with Crippen LogP contribution in [0.1, 0.15) is 23.2 Å². The summed E-state index contributed by atoms with van der Waals surface area (Å²) in [5.41, 5.74) is -0.313. The van der Waals surface area contributed by atoms with Crippen LogP contribution in [0.25, 0.3) is 0 Å². The molecule has 0 atom stereocenters. The van der Waals surface area contributed by atoms with Gasteiger partial charge in [0.05, 0.1) is 11.7 Å². The number of benzene rings is 1. The Hall–Kier alpha value is -1.92. The highest BCUT2D eigenvalue weighted by Gasteiger charge is 2.32. The second kappa shape index (κ2) is 4.40. The third-order valence-electron chi connectivity index (χ3n) is 2.19. The predicted molar refractivity (Wildman–Crippen MR) is 53.7 cm³/mol. The average Bonchev–Trinajstić information content (AvgIpc) is 2.98. The molecule has 1 aromatic rings. The molecule has 1 aromatic carbocycles.